The van der Waals surface area contributed by atoms with Gasteiger partial charge in [-0.25, -0.2) is 9.98 Å². The van der Waals surface area contributed by atoms with Gasteiger partial charge >= 0.3 is 0 Å². The second-order valence-electron chi connectivity index (χ2n) is 1.82. The Kier molecular flexibility index (Phi) is 1.89. The number of aromatic nitrogens is 2. The highest BCUT2D eigenvalue weighted by Crippen LogP contribution is 1.91. The fourth-order valence-corrected chi connectivity index (χ4v) is 0.548. The average molecular weight is 139 g/mol. The molecule has 1 rings (SSSR count). The molecule has 54 valence electrons. The molecule has 0 unspecified atom stereocenters. The van der Waals surface area contributed by atoms with Crippen LogP contribution >= 0.6 is 0 Å². The van der Waals surface area contributed by atoms with Crippen molar-refractivity contribution in [3.63, 3.8) is 0 Å². The SMILES string of the molecule is NC(N)=NCc1cnc[nH]1. The first-order valence-corrected chi connectivity index (χ1v) is 2.81. The number of aromatic amines is 1. The van der Waals surface area contributed by atoms with Gasteiger partial charge < -0.3 is 16.5 Å². The van der Waals surface area contributed by atoms with Crippen LogP contribution in [0.15, 0.2) is 17.5 Å². The molecule has 1 aromatic heterocycles. The molecule has 1 heterocycles. The molecule has 0 amide bonds. The van der Waals surface area contributed by atoms with E-state index in [0.717, 1.165) is 5.69 Å². The number of H-pyrrole nitrogens is 1. The number of nitrogens with one attached hydrogen (secondary N) is 1. The van der Waals surface area contributed by atoms with E-state index in [1.165, 1.54) is 0 Å². The van der Waals surface area contributed by atoms with Gasteiger partial charge in [0.2, 0.25) is 0 Å². The van der Waals surface area contributed by atoms with Gasteiger partial charge in [0.25, 0.3) is 0 Å². The van der Waals surface area contributed by atoms with Crippen LogP contribution in [0.4, 0.5) is 0 Å². The van der Waals surface area contributed by atoms with Gasteiger partial charge in [-0.1, -0.05) is 0 Å². The molecule has 1 aromatic rings. The first-order chi connectivity index (χ1) is 4.79. The number of hydrogen-bond donors (Lipinski definition) is 3. The van der Waals surface area contributed by atoms with Gasteiger partial charge in [-0.15, -0.1) is 0 Å². The number of imidazole rings is 1. The van der Waals surface area contributed by atoms with E-state index in [1.807, 2.05) is 0 Å². The van der Waals surface area contributed by atoms with Gasteiger partial charge in [-0.3, -0.25) is 0 Å². The van der Waals surface area contributed by atoms with E-state index >= 15 is 0 Å². The molecule has 5 nitrogen and oxygen atoms in total. The summed E-state index contributed by atoms with van der Waals surface area (Å²) in [4.78, 5) is 10.4. The van der Waals surface area contributed by atoms with E-state index in [0.29, 0.717) is 6.54 Å². The van der Waals surface area contributed by atoms with Crippen molar-refractivity contribution in [3.8, 4) is 0 Å². The fraction of sp³-hybridized carbons (Fsp3) is 0.200. The number of nitrogens with two attached hydrogens (primary N) is 2. The molecule has 0 saturated heterocycles. The molecule has 5 N–H and O–H groups in total. The van der Waals surface area contributed by atoms with Crippen molar-refractivity contribution in [2.24, 2.45) is 16.5 Å². The van der Waals surface area contributed by atoms with Crippen LogP contribution in [0.2, 0.25) is 0 Å². The minimum absolute atomic E-state index is 0.0922. The number of nitrogens with zero attached hydrogens (tertiary/aromatic N) is 2. The molecule has 0 spiro atoms. The first-order valence-electron chi connectivity index (χ1n) is 2.81. The lowest BCUT2D eigenvalue weighted by atomic mass is 10.5. The van der Waals surface area contributed by atoms with Crippen molar-refractivity contribution < 1.29 is 0 Å². The maximum atomic E-state index is 5.10. The largest absolute Gasteiger partial charge is 0.370 e. The molecule has 0 atom stereocenters. The summed E-state index contributed by atoms with van der Waals surface area (Å²) < 4.78 is 0. The molecule has 10 heavy (non-hydrogen) atoms. The number of rotatable bonds is 2. The molecule has 0 aliphatic heterocycles. The Balaban J connectivity index is 2.49. The lowest BCUT2D eigenvalue weighted by Crippen LogP contribution is -2.22. The second-order valence-corrected chi connectivity index (χ2v) is 1.82. The Hall–Kier alpha value is -1.52. The van der Waals surface area contributed by atoms with Crippen molar-refractivity contribution in [2.75, 3.05) is 0 Å². The van der Waals surface area contributed by atoms with Gasteiger partial charge in [0.05, 0.1) is 18.6 Å². The normalized spacial score (nSPS) is 9.20. The third-order valence-corrected chi connectivity index (χ3v) is 0.987. The summed E-state index contributed by atoms with van der Waals surface area (Å²) in [6.45, 7) is 0.461. The maximum Gasteiger partial charge on any atom is 0.186 e. The predicted octanol–water partition coefficient (Wildman–Crippen LogP) is -0.817. The van der Waals surface area contributed by atoms with Crippen molar-refractivity contribution in [1.29, 1.82) is 0 Å². The molecule has 0 aliphatic carbocycles. The number of aliphatic imine (C=N–C) groups is 1. The molecule has 0 radical (unpaired) electrons. The van der Waals surface area contributed by atoms with Gasteiger partial charge in [0.15, 0.2) is 5.96 Å². The van der Waals surface area contributed by atoms with Crippen LogP contribution in [0.1, 0.15) is 5.69 Å². The molecular formula is C5H9N5. The molecule has 0 aromatic carbocycles. The number of hydrogen-bond acceptors (Lipinski definition) is 2. The van der Waals surface area contributed by atoms with Crippen LogP contribution in [0.5, 0.6) is 0 Å². The smallest absolute Gasteiger partial charge is 0.186 e. The van der Waals surface area contributed by atoms with Crippen LogP contribution < -0.4 is 11.5 Å². The first kappa shape index (κ1) is 6.60. The summed E-state index contributed by atoms with van der Waals surface area (Å²) >= 11 is 0. The number of guanidine groups is 1. The molecule has 0 fully saturated rings. The van der Waals surface area contributed by atoms with Crippen molar-refractivity contribution in [2.45, 2.75) is 6.54 Å². The fourth-order valence-electron chi connectivity index (χ4n) is 0.548. The van der Waals surface area contributed by atoms with Crippen molar-refractivity contribution in [3.05, 3.63) is 18.2 Å². The monoisotopic (exact) mass is 139 g/mol. The van der Waals surface area contributed by atoms with Gasteiger partial charge in [-0.2, -0.15) is 0 Å². The van der Waals surface area contributed by atoms with Gasteiger partial charge in [0, 0.05) is 6.20 Å². The van der Waals surface area contributed by atoms with E-state index in [9.17, 15) is 0 Å². The van der Waals surface area contributed by atoms with E-state index in [2.05, 4.69) is 15.0 Å². The van der Waals surface area contributed by atoms with Gasteiger partial charge in [0.1, 0.15) is 0 Å². The highest BCUT2D eigenvalue weighted by molar-refractivity contribution is 5.75. The van der Waals surface area contributed by atoms with E-state index in [4.69, 9.17) is 11.5 Å². The lowest BCUT2D eigenvalue weighted by Gasteiger charge is -1.89. The Bertz CT molecular complexity index is 208. The van der Waals surface area contributed by atoms with E-state index in [1.54, 1.807) is 12.5 Å². The minimum atomic E-state index is 0.0922. The minimum Gasteiger partial charge on any atom is -0.370 e. The predicted molar refractivity (Wildman–Crippen MR) is 38.1 cm³/mol. The standard InChI is InChI=1S/C5H9N5/c6-5(7)9-2-4-1-8-3-10-4/h1,3H,2H2,(H,8,10)(H4,6,7,9). The summed E-state index contributed by atoms with van der Waals surface area (Å²) in [6, 6.07) is 0. The lowest BCUT2D eigenvalue weighted by molar-refractivity contribution is 1.00. The van der Waals surface area contributed by atoms with Crippen LogP contribution in [0.25, 0.3) is 0 Å². The van der Waals surface area contributed by atoms with Crippen LogP contribution in [0.3, 0.4) is 0 Å². The quantitative estimate of drug-likeness (QED) is 0.369. The third kappa shape index (κ3) is 1.77. The van der Waals surface area contributed by atoms with Crippen LogP contribution in [0, 0.1) is 0 Å². The molecule has 0 aliphatic rings. The molecule has 0 saturated carbocycles. The van der Waals surface area contributed by atoms with Crippen LogP contribution in [-0.4, -0.2) is 15.9 Å². The zero-order chi connectivity index (χ0) is 7.40. The van der Waals surface area contributed by atoms with Crippen molar-refractivity contribution in [1.82, 2.24) is 9.97 Å². The third-order valence-electron chi connectivity index (χ3n) is 0.987. The summed E-state index contributed by atoms with van der Waals surface area (Å²) in [7, 11) is 0. The Labute approximate surface area is 58.2 Å². The van der Waals surface area contributed by atoms with E-state index in [-0.39, 0.29) is 5.96 Å². The summed E-state index contributed by atoms with van der Waals surface area (Å²) in [5.41, 5.74) is 11.1. The Morgan fingerprint density at radius 2 is 2.50 bits per heavy atom. The van der Waals surface area contributed by atoms with Crippen molar-refractivity contribution >= 4 is 5.96 Å². The molecule has 5 heteroatoms. The maximum absolute atomic E-state index is 5.10. The van der Waals surface area contributed by atoms with E-state index < -0.39 is 0 Å². The second kappa shape index (κ2) is 2.86. The van der Waals surface area contributed by atoms with Gasteiger partial charge in [-0.05, 0) is 0 Å². The topological polar surface area (TPSA) is 93.1 Å². The summed E-state index contributed by atoms with van der Waals surface area (Å²) in [5, 5.41) is 0. The Morgan fingerprint density at radius 1 is 1.70 bits per heavy atom. The zero-order valence-corrected chi connectivity index (χ0v) is 5.41. The highest BCUT2D eigenvalue weighted by Gasteiger charge is 1.88. The zero-order valence-electron chi connectivity index (χ0n) is 5.41. The van der Waals surface area contributed by atoms with Crippen LogP contribution in [-0.2, 0) is 6.54 Å². The Morgan fingerprint density at radius 3 is 3.00 bits per heavy atom. The highest BCUT2D eigenvalue weighted by atomic mass is 15.0. The average Bonchev–Trinajstić information content (AvgIpc) is 2.34. The molecular weight excluding hydrogens is 130 g/mol. The molecule has 0 bridgehead atoms. The summed E-state index contributed by atoms with van der Waals surface area (Å²) in [5.74, 6) is 0.0922. The summed E-state index contributed by atoms with van der Waals surface area (Å²) in [6.07, 6.45) is 3.25.